The minimum absolute atomic E-state index is 0.623. The summed E-state index contributed by atoms with van der Waals surface area (Å²) in [6, 6.07) is 0.800. The molecule has 0 radical (unpaired) electrons. The second-order valence-corrected chi connectivity index (χ2v) is 8.32. The summed E-state index contributed by atoms with van der Waals surface area (Å²) >= 11 is 5.90. The Kier molecular flexibility index (Phi) is 8.36. The lowest BCUT2D eigenvalue weighted by atomic mass is 10.4. The summed E-state index contributed by atoms with van der Waals surface area (Å²) in [7, 11) is -2.50. The van der Waals surface area contributed by atoms with Gasteiger partial charge in [-0.3, -0.25) is 0 Å². The van der Waals surface area contributed by atoms with Gasteiger partial charge in [0.1, 0.15) is 4.38 Å². The van der Waals surface area contributed by atoms with Crippen LogP contribution in [0, 0.1) is 0 Å². The summed E-state index contributed by atoms with van der Waals surface area (Å²) in [5.41, 5.74) is 1.09. The highest BCUT2D eigenvalue weighted by molar-refractivity contribution is 8.32. The van der Waals surface area contributed by atoms with Crippen LogP contribution in [0.1, 0.15) is 27.2 Å². The monoisotopic (exact) mass is 321 g/mol. The Bertz CT molecular complexity index is 320. The van der Waals surface area contributed by atoms with E-state index in [0.717, 1.165) is 28.3 Å². The van der Waals surface area contributed by atoms with E-state index in [1.807, 2.05) is 20.8 Å². The molecule has 0 amide bonds. The Balaban J connectivity index is 2.56. The molecule has 0 spiro atoms. The van der Waals surface area contributed by atoms with E-state index in [0.29, 0.717) is 19.8 Å². The van der Waals surface area contributed by atoms with Gasteiger partial charge in [-0.05, 0) is 27.2 Å². The van der Waals surface area contributed by atoms with Crippen molar-refractivity contribution in [1.82, 2.24) is 0 Å². The highest BCUT2D eigenvalue weighted by Gasteiger charge is 2.39. The molecule has 0 atom stereocenters. The maximum Gasteiger partial charge on any atom is 0.501 e. The number of aliphatic imine (C=N–C) groups is 1. The van der Waals surface area contributed by atoms with E-state index in [-0.39, 0.29) is 0 Å². The van der Waals surface area contributed by atoms with Crippen molar-refractivity contribution in [3.63, 3.8) is 0 Å². The number of allylic oxidation sites excluding steroid dienone is 1. The van der Waals surface area contributed by atoms with Crippen LogP contribution in [0.4, 0.5) is 0 Å². The number of rotatable bonds is 9. The van der Waals surface area contributed by atoms with Gasteiger partial charge in [0.2, 0.25) is 0 Å². The summed E-state index contributed by atoms with van der Waals surface area (Å²) in [5.74, 6) is 0.908. The maximum absolute atomic E-state index is 5.81. The first-order chi connectivity index (χ1) is 9.15. The minimum Gasteiger partial charge on any atom is -0.374 e. The molecule has 110 valence electrons. The van der Waals surface area contributed by atoms with E-state index in [4.69, 9.17) is 13.3 Å². The van der Waals surface area contributed by atoms with Crippen molar-refractivity contribution in [3.05, 3.63) is 11.8 Å². The zero-order valence-electron chi connectivity index (χ0n) is 11.8. The molecule has 0 bridgehead atoms. The molecule has 1 heterocycles. The summed E-state index contributed by atoms with van der Waals surface area (Å²) in [4.78, 5) is 4.34. The largest absolute Gasteiger partial charge is 0.501 e. The minimum atomic E-state index is -2.50. The second-order valence-electron chi connectivity index (χ2n) is 3.90. The van der Waals surface area contributed by atoms with Gasteiger partial charge in [0.25, 0.3) is 0 Å². The van der Waals surface area contributed by atoms with Crippen LogP contribution >= 0.6 is 24.4 Å². The lowest BCUT2D eigenvalue weighted by Gasteiger charge is -2.28. The fourth-order valence-corrected chi connectivity index (χ4v) is 5.31. The van der Waals surface area contributed by atoms with Gasteiger partial charge in [0.05, 0.1) is 0 Å². The van der Waals surface area contributed by atoms with E-state index in [9.17, 15) is 0 Å². The molecule has 0 saturated heterocycles. The highest BCUT2D eigenvalue weighted by Crippen LogP contribution is 2.25. The van der Waals surface area contributed by atoms with Gasteiger partial charge in [-0.1, -0.05) is 17.8 Å². The highest BCUT2D eigenvalue weighted by atomic mass is 32.2. The van der Waals surface area contributed by atoms with Gasteiger partial charge < -0.3 is 13.3 Å². The number of hydrogen-bond donors (Lipinski definition) is 1. The first-order valence-electron chi connectivity index (χ1n) is 6.67. The average Bonchev–Trinajstić information content (AvgIpc) is 2.76. The smallest absolute Gasteiger partial charge is 0.374 e. The number of hydrogen-bond acceptors (Lipinski definition) is 5. The first kappa shape index (κ1) is 17.3. The zero-order valence-corrected chi connectivity index (χ0v) is 14.6. The van der Waals surface area contributed by atoms with Crippen LogP contribution in [0.25, 0.3) is 0 Å². The molecular weight excluding hydrogens is 298 g/mol. The number of thioether (sulfide) groups is 1. The molecular formula is C12H23NO3S2Si. The standard InChI is InChI=1S/C12H23NO3S2Si/c1-4-14-19(15-5-2,16-6-3)9-7-8-11-10-18-12(17)13-11/h8H,4-7,9-10H2,1-3H3,(H,13,17). The van der Waals surface area contributed by atoms with Gasteiger partial charge in [-0.25, -0.2) is 4.99 Å². The van der Waals surface area contributed by atoms with E-state index in [1.165, 1.54) is 0 Å². The van der Waals surface area contributed by atoms with Gasteiger partial charge in [-0.15, -0.1) is 12.6 Å². The molecule has 7 heteroatoms. The Morgan fingerprint density at radius 3 is 2.21 bits per heavy atom. The van der Waals surface area contributed by atoms with E-state index in [1.54, 1.807) is 11.8 Å². The normalized spacial score (nSPS) is 18.1. The van der Waals surface area contributed by atoms with Crippen molar-refractivity contribution < 1.29 is 13.3 Å². The van der Waals surface area contributed by atoms with Gasteiger partial charge in [0, 0.05) is 37.3 Å². The summed E-state index contributed by atoms with van der Waals surface area (Å²) in [5, 5.41) is 0. The summed E-state index contributed by atoms with van der Waals surface area (Å²) in [6.07, 6.45) is 3.00. The van der Waals surface area contributed by atoms with Crippen LogP contribution in [0.2, 0.25) is 6.04 Å². The Hall–Kier alpha value is 0.207. The molecule has 0 aromatic heterocycles. The first-order valence-corrected chi connectivity index (χ1v) is 10.0. The van der Waals surface area contributed by atoms with E-state index in [2.05, 4.69) is 23.7 Å². The lowest BCUT2D eigenvalue weighted by Crippen LogP contribution is -2.45. The summed E-state index contributed by atoms with van der Waals surface area (Å²) in [6.45, 7) is 7.79. The van der Waals surface area contributed by atoms with E-state index < -0.39 is 8.80 Å². The molecule has 4 nitrogen and oxygen atoms in total. The van der Waals surface area contributed by atoms with Crippen LogP contribution in [-0.2, 0) is 13.3 Å². The van der Waals surface area contributed by atoms with Crippen molar-refractivity contribution in [2.24, 2.45) is 4.99 Å². The fourth-order valence-electron chi connectivity index (χ4n) is 1.85. The van der Waals surface area contributed by atoms with E-state index >= 15 is 0 Å². The van der Waals surface area contributed by atoms with Gasteiger partial charge in [0.15, 0.2) is 0 Å². The van der Waals surface area contributed by atoms with Crippen molar-refractivity contribution in [3.8, 4) is 0 Å². The molecule has 0 saturated carbocycles. The third-order valence-corrected chi connectivity index (χ3v) is 6.88. The summed E-state index contributed by atoms with van der Waals surface area (Å²) < 4.78 is 18.3. The van der Waals surface area contributed by atoms with Gasteiger partial charge in [-0.2, -0.15) is 0 Å². The van der Waals surface area contributed by atoms with Crippen LogP contribution in [0.15, 0.2) is 16.8 Å². The molecule has 0 aliphatic carbocycles. The molecule has 0 N–H and O–H groups in total. The van der Waals surface area contributed by atoms with Crippen LogP contribution in [0.5, 0.6) is 0 Å². The molecule has 1 rings (SSSR count). The molecule has 1 aliphatic heterocycles. The molecule has 0 aromatic rings. The molecule has 0 unspecified atom stereocenters. The number of thiol groups is 1. The molecule has 19 heavy (non-hydrogen) atoms. The average molecular weight is 322 g/mol. The molecule has 0 fully saturated rings. The second kappa shape index (κ2) is 9.20. The molecule has 0 aromatic carbocycles. The zero-order chi connectivity index (χ0) is 14.1. The predicted molar refractivity (Wildman–Crippen MR) is 87.0 cm³/mol. The van der Waals surface area contributed by atoms with Crippen LogP contribution in [0.3, 0.4) is 0 Å². The van der Waals surface area contributed by atoms with Crippen molar-refractivity contribution >= 4 is 37.6 Å². The van der Waals surface area contributed by atoms with Crippen LogP contribution < -0.4 is 0 Å². The SMILES string of the molecule is CCO[Si](CCC=C1CSC(S)=N1)(OCC)OCC. The third-order valence-electron chi connectivity index (χ3n) is 2.51. The quantitative estimate of drug-likeness (QED) is 0.522. The maximum atomic E-state index is 5.81. The van der Waals surface area contributed by atoms with Crippen molar-refractivity contribution in [2.75, 3.05) is 25.6 Å². The Labute approximate surface area is 126 Å². The molecule has 1 aliphatic rings. The van der Waals surface area contributed by atoms with Gasteiger partial charge >= 0.3 is 8.80 Å². The number of nitrogens with zero attached hydrogens (tertiary/aromatic N) is 1. The third kappa shape index (κ3) is 6.01. The van der Waals surface area contributed by atoms with Crippen molar-refractivity contribution in [1.29, 1.82) is 0 Å². The Morgan fingerprint density at radius 2 is 1.79 bits per heavy atom. The fraction of sp³-hybridized carbons (Fsp3) is 0.750. The Morgan fingerprint density at radius 1 is 1.21 bits per heavy atom. The predicted octanol–water partition coefficient (Wildman–Crippen LogP) is 3.34. The van der Waals surface area contributed by atoms with Crippen LogP contribution in [-0.4, -0.2) is 38.8 Å². The van der Waals surface area contributed by atoms with Crippen molar-refractivity contribution in [2.45, 2.75) is 33.2 Å². The topological polar surface area (TPSA) is 40.0 Å². The lowest BCUT2D eigenvalue weighted by molar-refractivity contribution is 0.0716.